The minimum atomic E-state index is -0.966. The monoisotopic (exact) mass is 286 g/mol. The van der Waals surface area contributed by atoms with Crippen LogP contribution in [0.15, 0.2) is 54.6 Å². The summed E-state index contributed by atoms with van der Waals surface area (Å²) in [5.41, 5.74) is 0.808. The molecule has 0 bridgehead atoms. The molecule has 1 N–H and O–H groups in total. The summed E-state index contributed by atoms with van der Waals surface area (Å²) >= 11 is 0. The molecule has 0 aliphatic carbocycles. The Balaban J connectivity index is 2.18. The van der Waals surface area contributed by atoms with E-state index in [-0.39, 0.29) is 6.42 Å². The fourth-order valence-corrected chi connectivity index (χ4v) is 2.01. The molecule has 21 heavy (non-hydrogen) atoms. The smallest absolute Gasteiger partial charge is 0.333 e. The van der Waals surface area contributed by atoms with E-state index in [1.54, 1.807) is 6.92 Å². The molecule has 0 radical (unpaired) electrons. The van der Waals surface area contributed by atoms with Crippen molar-refractivity contribution in [2.45, 2.75) is 19.4 Å². The standard InChI is InChI=1S/C17H18O4/c1-2-20-16(17(18)19)12-13-8-6-7-11-15(13)21-14-9-4-3-5-10-14/h3-11,16H,2,12H2,1H3,(H,18,19). The number of para-hydroxylation sites is 2. The lowest BCUT2D eigenvalue weighted by atomic mass is 10.1. The van der Waals surface area contributed by atoms with Crippen molar-refractivity contribution < 1.29 is 19.4 Å². The maximum absolute atomic E-state index is 11.2. The van der Waals surface area contributed by atoms with Crippen LogP contribution in [0.2, 0.25) is 0 Å². The molecule has 0 saturated heterocycles. The van der Waals surface area contributed by atoms with E-state index in [4.69, 9.17) is 9.47 Å². The third kappa shape index (κ3) is 4.33. The van der Waals surface area contributed by atoms with Gasteiger partial charge in [0.1, 0.15) is 11.5 Å². The highest BCUT2D eigenvalue weighted by Gasteiger charge is 2.20. The summed E-state index contributed by atoms with van der Waals surface area (Å²) in [5, 5.41) is 9.18. The van der Waals surface area contributed by atoms with Gasteiger partial charge in [0.15, 0.2) is 6.10 Å². The lowest BCUT2D eigenvalue weighted by Crippen LogP contribution is -2.26. The Kier molecular flexibility index (Phi) is 5.35. The van der Waals surface area contributed by atoms with E-state index in [1.807, 2.05) is 54.6 Å². The van der Waals surface area contributed by atoms with Gasteiger partial charge in [-0.15, -0.1) is 0 Å². The lowest BCUT2D eigenvalue weighted by molar-refractivity contribution is -0.149. The van der Waals surface area contributed by atoms with Crippen LogP contribution in [-0.4, -0.2) is 23.8 Å². The van der Waals surface area contributed by atoms with Crippen molar-refractivity contribution in [3.8, 4) is 11.5 Å². The summed E-state index contributed by atoms with van der Waals surface area (Å²) in [5.74, 6) is 0.397. The SMILES string of the molecule is CCOC(Cc1ccccc1Oc1ccccc1)C(=O)O. The van der Waals surface area contributed by atoms with Crippen molar-refractivity contribution >= 4 is 5.97 Å². The lowest BCUT2D eigenvalue weighted by Gasteiger charge is -2.15. The number of hydrogen-bond donors (Lipinski definition) is 1. The van der Waals surface area contributed by atoms with Gasteiger partial charge in [-0.25, -0.2) is 4.79 Å². The number of carboxylic acids is 1. The van der Waals surface area contributed by atoms with Crippen LogP contribution in [0.5, 0.6) is 11.5 Å². The highest BCUT2D eigenvalue weighted by Crippen LogP contribution is 2.26. The Bertz CT molecular complexity index is 580. The normalized spacial score (nSPS) is 11.9. The fraction of sp³-hybridized carbons (Fsp3) is 0.235. The second-order valence-electron chi connectivity index (χ2n) is 4.51. The zero-order valence-electron chi connectivity index (χ0n) is 11.9. The van der Waals surface area contributed by atoms with Crippen molar-refractivity contribution in [2.24, 2.45) is 0 Å². The summed E-state index contributed by atoms with van der Waals surface area (Å²) in [6, 6.07) is 16.8. The first-order chi connectivity index (χ1) is 10.2. The number of aliphatic carboxylic acids is 1. The number of benzene rings is 2. The average Bonchev–Trinajstić information content (AvgIpc) is 2.49. The van der Waals surface area contributed by atoms with Gasteiger partial charge in [0.25, 0.3) is 0 Å². The molecule has 1 unspecified atom stereocenters. The zero-order chi connectivity index (χ0) is 15.1. The van der Waals surface area contributed by atoms with Gasteiger partial charge >= 0.3 is 5.97 Å². The van der Waals surface area contributed by atoms with Crippen molar-refractivity contribution in [1.82, 2.24) is 0 Å². The van der Waals surface area contributed by atoms with E-state index in [2.05, 4.69) is 0 Å². The minimum absolute atomic E-state index is 0.270. The Morgan fingerprint density at radius 3 is 2.43 bits per heavy atom. The topological polar surface area (TPSA) is 55.8 Å². The summed E-state index contributed by atoms with van der Waals surface area (Å²) in [6.07, 6.45) is -0.595. The predicted molar refractivity (Wildman–Crippen MR) is 79.7 cm³/mol. The number of ether oxygens (including phenoxy) is 2. The molecule has 0 aliphatic rings. The summed E-state index contributed by atoms with van der Waals surface area (Å²) in [4.78, 5) is 11.2. The van der Waals surface area contributed by atoms with Gasteiger partial charge in [-0.3, -0.25) is 0 Å². The molecule has 0 aromatic heterocycles. The minimum Gasteiger partial charge on any atom is -0.479 e. The van der Waals surface area contributed by atoms with Crippen LogP contribution < -0.4 is 4.74 Å². The number of carbonyl (C=O) groups is 1. The van der Waals surface area contributed by atoms with Crippen molar-refractivity contribution in [2.75, 3.05) is 6.61 Å². The van der Waals surface area contributed by atoms with Crippen molar-refractivity contribution in [3.05, 3.63) is 60.2 Å². The van der Waals surface area contributed by atoms with E-state index < -0.39 is 12.1 Å². The van der Waals surface area contributed by atoms with Gasteiger partial charge in [0.2, 0.25) is 0 Å². The van der Waals surface area contributed by atoms with Crippen LogP contribution in [-0.2, 0) is 16.0 Å². The first-order valence-corrected chi connectivity index (χ1v) is 6.86. The van der Waals surface area contributed by atoms with Crippen LogP contribution in [0.25, 0.3) is 0 Å². The number of rotatable bonds is 7. The number of hydrogen-bond acceptors (Lipinski definition) is 3. The molecule has 0 spiro atoms. The van der Waals surface area contributed by atoms with Gasteiger partial charge in [-0.05, 0) is 30.7 Å². The third-order valence-corrected chi connectivity index (χ3v) is 2.99. The maximum atomic E-state index is 11.2. The highest BCUT2D eigenvalue weighted by molar-refractivity contribution is 5.73. The first kappa shape index (κ1) is 15.1. The van der Waals surface area contributed by atoms with Gasteiger partial charge in [-0.1, -0.05) is 36.4 Å². The van der Waals surface area contributed by atoms with E-state index in [9.17, 15) is 9.90 Å². The summed E-state index contributed by atoms with van der Waals surface area (Å²) in [6.45, 7) is 2.14. The molecule has 0 fully saturated rings. The molecule has 0 saturated carbocycles. The third-order valence-electron chi connectivity index (χ3n) is 2.99. The number of carboxylic acid groups (broad SMARTS) is 1. The molecule has 0 heterocycles. The van der Waals surface area contributed by atoms with Crippen LogP contribution in [0.4, 0.5) is 0 Å². The Hall–Kier alpha value is -2.33. The van der Waals surface area contributed by atoms with E-state index in [0.29, 0.717) is 18.1 Å². The molecule has 110 valence electrons. The molecule has 0 aliphatic heterocycles. The van der Waals surface area contributed by atoms with E-state index >= 15 is 0 Å². The maximum Gasteiger partial charge on any atom is 0.333 e. The van der Waals surface area contributed by atoms with Gasteiger partial charge in [0, 0.05) is 13.0 Å². The fourth-order valence-electron chi connectivity index (χ4n) is 2.01. The molecule has 1 atom stereocenters. The zero-order valence-corrected chi connectivity index (χ0v) is 11.9. The Morgan fingerprint density at radius 1 is 1.10 bits per heavy atom. The van der Waals surface area contributed by atoms with Gasteiger partial charge in [-0.2, -0.15) is 0 Å². The Labute approximate surface area is 123 Å². The average molecular weight is 286 g/mol. The van der Waals surface area contributed by atoms with Crippen molar-refractivity contribution in [1.29, 1.82) is 0 Å². The second kappa shape index (κ2) is 7.45. The molecule has 4 nitrogen and oxygen atoms in total. The van der Waals surface area contributed by atoms with E-state index in [0.717, 1.165) is 5.56 Å². The summed E-state index contributed by atoms with van der Waals surface area (Å²) < 4.78 is 11.1. The quantitative estimate of drug-likeness (QED) is 0.846. The molecule has 0 amide bonds. The summed E-state index contributed by atoms with van der Waals surface area (Å²) in [7, 11) is 0. The first-order valence-electron chi connectivity index (χ1n) is 6.86. The van der Waals surface area contributed by atoms with Gasteiger partial charge in [0.05, 0.1) is 0 Å². The Morgan fingerprint density at radius 2 is 1.76 bits per heavy atom. The largest absolute Gasteiger partial charge is 0.479 e. The van der Waals surface area contributed by atoms with Crippen LogP contribution in [0.3, 0.4) is 0 Å². The second-order valence-corrected chi connectivity index (χ2v) is 4.51. The van der Waals surface area contributed by atoms with Crippen LogP contribution >= 0.6 is 0 Å². The molecule has 2 rings (SSSR count). The van der Waals surface area contributed by atoms with Crippen LogP contribution in [0.1, 0.15) is 12.5 Å². The molecule has 4 heteroatoms. The van der Waals surface area contributed by atoms with Crippen molar-refractivity contribution in [3.63, 3.8) is 0 Å². The van der Waals surface area contributed by atoms with E-state index in [1.165, 1.54) is 0 Å². The molecule has 2 aromatic carbocycles. The van der Waals surface area contributed by atoms with Crippen LogP contribution in [0, 0.1) is 0 Å². The van der Waals surface area contributed by atoms with Gasteiger partial charge < -0.3 is 14.6 Å². The molecular formula is C17H18O4. The predicted octanol–water partition coefficient (Wildman–Crippen LogP) is 3.51. The molecule has 2 aromatic rings. The molecular weight excluding hydrogens is 268 g/mol. The highest BCUT2D eigenvalue weighted by atomic mass is 16.5.